The lowest BCUT2D eigenvalue weighted by Gasteiger charge is -2.29. The molecule has 2 aromatic carbocycles. The van der Waals surface area contributed by atoms with Gasteiger partial charge in [0.25, 0.3) is 11.8 Å². The summed E-state index contributed by atoms with van der Waals surface area (Å²) in [7, 11) is 1.57. The third-order valence-corrected chi connectivity index (χ3v) is 5.58. The molecule has 0 spiro atoms. The molecule has 1 fully saturated rings. The highest BCUT2D eigenvalue weighted by Gasteiger charge is 2.43. The van der Waals surface area contributed by atoms with Gasteiger partial charge in [-0.2, -0.15) is 0 Å². The number of morpholine rings is 1. The van der Waals surface area contributed by atoms with Gasteiger partial charge in [-0.3, -0.25) is 9.59 Å². The van der Waals surface area contributed by atoms with Crippen LogP contribution in [0, 0.1) is 0 Å². The number of benzene rings is 2. The van der Waals surface area contributed by atoms with Crippen LogP contribution in [0.1, 0.15) is 30.9 Å². The molecule has 30 heavy (non-hydrogen) atoms. The Bertz CT molecular complexity index is 989. The zero-order valence-corrected chi connectivity index (χ0v) is 17.6. The molecule has 0 atom stereocenters. The predicted molar refractivity (Wildman–Crippen MR) is 115 cm³/mol. The lowest BCUT2D eigenvalue weighted by Crippen LogP contribution is -2.40. The van der Waals surface area contributed by atoms with Gasteiger partial charge in [-0.25, -0.2) is 4.90 Å². The largest absolute Gasteiger partial charge is 0.496 e. The van der Waals surface area contributed by atoms with Gasteiger partial charge >= 0.3 is 0 Å². The second kappa shape index (κ2) is 8.32. The van der Waals surface area contributed by atoms with Crippen molar-refractivity contribution in [1.82, 2.24) is 4.90 Å². The molecule has 2 aromatic rings. The zero-order chi connectivity index (χ0) is 21.3. The first kappa shape index (κ1) is 20.2. The van der Waals surface area contributed by atoms with E-state index in [1.807, 2.05) is 47.4 Å². The molecule has 156 valence electrons. The highest BCUT2D eigenvalue weighted by molar-refractivity contribution is 6.45. The molecule has 2 heterocycles. The molecule has 0 aliphatic carbocycles. The highest BCUT2D eigenvalue weighted by atomic mass is 16.5. The van der Waals surface area contributed by atoms with Gasteiger partial charge in [0.05, 0.1) is 31.6 Å². The number of anilines is 1. The van der Waals surface area contributed by atoms with E-state index in [9.17, 15) is 9.59 Å². The minimum Gasteiger partial charge on any atom is -0.496 e. The van der Waals surface area contributed by atoms with Crippen LogP contribution in [-0.2, 0) is 14.3 Å². The number of hydrogen-bond acceptors (Lipinski definition) is 5. The Morgan fingerprint density at radius 1 is 0.933 bits per heavy atom. The smallest absolute Gasteiger partial charge is 0.282 e. The number of carbonyl (C=O) groups excluding carboxylic acids is 2. The molecule has 2 aliphatic rings. The average Bonchev–Trinajstić information content (AvgIpc) is 3.04. The summed E-state index contributed by atoms with van der Waals surface area (Å²) in [4.78, 5) is 30.4. The third-order valence-electron chi connectivity index (χ3n) is 5.58. The maximum absolute atomic E-state index is 13.6. The van der Waals surface area contributed by atoms with Crippen molar-refractivity contribution in [2.75, 3.05) is 38.3 Å². The van der Waals surface area contributed by atoms with Crippen molar-refractivity contribution >= 4 is 23.1 Å². The number of hydrogen-bond donors (Lipinski definition) is 0. The van der Waals surface area contributed by atoms with E-state index < -0.39 is 0 Å². The van der Waals surface area contributed by atoms with Crippen molar-refractivity contribution in [2.45, 2.75) is 19.8 Å². The van der Waals surface area contributed by atoms with Gasteiger partial charge in [-0.05, 0) is 29.7 Å². The van der Waals surface area contributed by atoms with Crippen molar-refractivity contribution in [2.24, 2.45) is 0 Å². The quantitative estimate of drug-likeness (QED) is 0.712. The molecule has 0 bridgehead atoms. The fourth-order valence-electron chi connectivity index (χ4n) is 3.94. The van der Waals surface area contributed by atoms with Crippen molar-refractivity contribution in [3.63, 3.8) is 0 Å². The zero-order valence-electron chi connectivity index (χ0n) is 17.6. The average molecular weight is 406 g/mol. The van der Waals surface area contributed by atoms with Crippen LogP contribution < -0.4 is 9.64 Å². The number of methoxy groups -OCH3 is 1. The number of nitrogens with zero attached hydrogens (tertiary/aromatic N) is 2. The maximum Gasteiger partial charge on any atom is 0.282 e. The molecule has 0 N–H and O–H groups in total. The summed E-state index contributed by atoms with van der Waals surface area (Å²) >= 11 is 0. The van der Waals surface area contributed by atoms with Gasteiger partial charge in [0.2, 0.25) is 0 Å². The first-order valence-electron chi connectivity index (χ1n) is 10.2. The number of para-hydroxylation sites is 1. The predicted octanol–water partition coefficient (Wildman–Crippen LogP) is 3.44. The number of carbonyl (C=O) groups is 2. The first-order valence-corrected chi connectivity index (χ1v) is 10.2. The topological polar surface area (TPSA) is 59.1 Å². The van der Waals surface area contributed by atoms with Crippen molar-refractivity contribution in [3.8, 4) is 5.75 Å². The van der Waals surface area contributed by atoms with E-state index in [1.54, 1.807) is 13.2 Å². The number of ether oxygens (including phenoxy) is 2. The first-order chi connectivity index (χ1) is 14.5. The molecular formula is C24H26N2O4. The van der Waals surface area contributed by atoms with Crippen molar-refractivity contribution in [1.29, 1.82) is 0 Å². The fraction of sp³-hybridized carbons (Fsp3) is 0.333. The lowest BCUT2D eigenvalue weighted by atomic mass is 10.0. The Morgan fingerprint density at radius 2 is 1.60 bits per heavy atom. The van der Waals surface area contributed by atoms with E-state index >= 15 is 0 Å². The summed E-state index contributed by atoms with van der Waals surface area (Å²) in [5.41, 5.74) is 3.16. The number of rotatable bonds is 5. The lowest BCUT2D eigenvalue weighted by molar-refractivity contribution is -0.121. The van der Waals surface area contributed by atoms with Crippen LogP contribution in [0.4, 0.5) is 5.69 Å². The molecule has 0 saturated carbocycles. The van der Waals surface area contributed by atoms with Crippen LogP contribution in [0.25, 0.3) is 5.57 Å². The molecule has 0 unspecified atom stereocenters. The van der Waals surface area contributed by atoms with Crippen LogP contribution in [0.15, 0.2) is 54.2 Å². The fourth-order valence-corrected chi connectivity index (χ4v) is 3.94. The summed E-state index contributed by atoms with van der Waals surface area (Å²) in [5.74, 6) is 0.301. The van der Waals surface area contributed by atoms with Gasteiger partial charge in [-0.1, -0.05) is 44.2 Å². The van der Waals surface area contributed by atoms with Crippen LogP contribution in [0.5, 0.6) is 5.75 Å². The summed E-state index contributed by atoms with van der Waals surface area (Å²) in [6, 6.07) is 14.9. The van der Waals surface area contributed by atoms with Gasteiger partial charge < -0.3 is 14.4 Å². The van der Waals surface area contributed by atoms with Crippen LogP contribution in [0.2, 0.25) is 0 Å². The standard InChI is InChI=1S/C24H26N2O4/c1-16(2)17-8-10-18(11-9-17)26-23(27)21(19-6-4-5-7-20(19)29-3)22(24(26)28)25-12-14-30-15-13-25/h4-11,16H,12-15H2,1-3H3. The normalized spacial score (nSPS) is 17.3. The van der Waals surface area contributed by atoms with Crippen molar-refractivity contribution in [3.05, 3.63) is 65.4 Å². The molecule has 6 heteroatoms. The van der Waals surface area contributed by atoms with E-state index in [1.165, 1.54) is 4.90 Å². The molecule has 1 saturated heterocycles. The molecule has 0 aromatic heterocycles. The molecular weight excluding hydrogens is 380 g/mol. The number of amides is 2. The Labute approximate surface area is 176 Å². The highest BCUT2D eigenvalue weighted by Crippen LogP contribution is 2.38. The van der Waals surface area contributed by atoms with Gasteiger partial charge in [0, 0.05) is 18.7 Å². The monoisotopic (exact) mass is 406 g/mol. The summed E-state index contributed by atoms with van der Waals surface area (Å²) in [6.07, 6.45) is 0. The minimum atomic E-state index is -0.330. The van der Waals surface area contributed by atoms with Crippen LogP contribution in [0.3, 0.4) is 0 Å². The SMILES string of the molecule is COc1ccccc1C1=C(N2CCOCC2)C(=O)N(c2ccc(C(C)C)cc2)C1=O. The van der Waals surface area contributed by atoms with Gasteiger partial charge in [-0.15, -0.1) is 0 Å². The Kier molecular flexibility index (Phi) is 5.59. The Morgan fingerprint density at radius 3 is 2.23 bits per heavy atom. The maximum atomic E-state index is 13.6. The van der Waals surface area contributed by atoms with Gasteiger partial charge in [0.15, 0.2) is 0 Å². The number of imide groups is 1. The van der Waals surface area contributed by atoms with Crippen LogP contribution >= 0.6 is 0 Å². The molecule has 2 aliphatic heterocycles. The van der Waals surface area contributed by atoms with E-state index in [0.29, 0.717) is 60.5 Å². The van der Waals surface area contributed by atoms with E-state index in [2.05, 4.69) is 13.8 Å². The summed E-state index contributed by atoms with van der Waals surface area (Å²) < 4.78 is 11.0. The van der Waals surface area contributed by atoms with Gasteiger partial charge in [0.1, 0.15) is 11.4 Å². The second-order valence-corrected chi connectivity index (χ2v) is 7.72. The summed E-state index contributed by atoms with van der Waals surface area (Å²) in [5, 5.41) is 0. The Hall–Kier alpha value is -3.12. The Balaban J connectivity index is 1.81. The second-order valence-electron chi connectivity index (χ2n) is 7.72. The summed E-state index contributed by atoms with van der Waals surface area (Å²) in [6.45, 7) is 6.39. The third kappa shape index (κ3) is 3.48. The van der Waals surface area contributed by atoms with Crippen molar-refractivity contribution < 1.29 is 19.1 Å². The van der Waals surface area contributed by atoms with E-state index in [0.717, 1.165) is 5.56 Å². The molecule has 6 nitrogen and oxygen atoms in total. The van der Waals surface area contributed by atoms with E-state index in [4.69, 9.17) is 9.47 Å². The van der Waals surface area contributed by atoms with Crippen LogP contribution in [-0.4, -0.2) is 50.1 Å². The molecule has 4 rings (SSSR count). The molecule has 2 amide bonds. The van der Waals surface area contributed by atoms with E-state index in [-0.39, 0.29) is 11.8 Å². The molecule has 0 radical (unpaired) electrons. The minimum absolute atomic E-state index is 0.305.